The summed E-state index contributed by atoms with van der Waals surface area (Å²) >= 11 is 5.97. The van der Waals surface area contributed by atoms with Crippen LogP contribution in [0, 0.1) is 6.92 Å². The third-order valence-corrected chi connectivity index (χ3v) is 7.99. The van der Waals surface area contributed by atoms with Gasteiger partial charge in [0.05, 0.1) is 22.1 Å². The number of aryl methyl sites for hydroxylation is 1. The van der Waals surface area contributed by atoms with Gasteiger partial charge in [-0.15, -0.1) is 11.3 Å². The molecule has 1 fully saturated rings. The van der Waals surface area contributed by atoms with Crippen LogP contribution in [0.1, 0.15) is 31.0 Å². The highest BCUT2D eigenvalue weighted by molar-refractivity contribution is 7.80. The molecule has 2 aliphatic heterocycles. The molecule has 0 bridgehead atoms. The Morgan fingerprint density at radius 2 is 2.08 bits per heavy atom. The molecular weight excluding hydrogens is 516 g/mol. The number of thiazole rings is 1. The van der Waals surface area contributed by atoms with Crippen LogP contribution in [0.3, 0.4) is 0 Å². The summed E-state index contributed by atoms with van der Waals surface area (Å²) in [6.45, 7) is 9.45. The topological polar surface area (TPSA) is 82.6 Å². The fourth-order valence-corrected chi connectivity index (χ4v) is 5.88. The molecule has 3 heterocycles. The number of likely N-dealkylation sites (tertiary alicyclic amines) is 1. The molecule has 7 nitrogen and oxygen atoms in total. The van der Waals surface area contributed by atoms with E-state index in [2.05, 4.69) is 53.8 Å². The monoisotopic (exact) mass is 552 g/mol. The molecule has 2 amide bonds. The molecule has 2 unspecified atom stereocenters. The van der Waals surface area contributed by atoms with Crippen LogP contribution in [0.15, 0.2) is 65.7 Å². The minimum absolute atomic E-state index is 0.201. The number of carbonyl (C=O) groups excluding carboxylic acids is 3. The highest BCUT2D eigenvalue weighted by Gasteiger charge is 2.40. The van der Waals surface area contributed by atoms with Crippen LogP contribution >= 0.6 is 24.0 Å². The van der Waals surface area contributed by atoms with Gasteiger partial charge in [-0.3, -0.25) is 9.59 Å². The van der Waals surface area contributed by atoms with Crippen molar-refractivity contribution in [3.8, 4) is 10.4 Å². The maximum Gasteiger partial charge on any atom is 0.255 e. The van der Waals surface area contributed by atoms with E-state index in [1.165, 1.54) is 27.0 Å². The molecule has 202 valence electrons. The quantitative estimate of drug-likeness (QED) is 0.360. The molecule has 1 saturated heterocycles. The van der Waals surface area contributed by atoms with Crippen LogP contribution in [0.4, 0.5) is 0 Å². The number of allylic oxidation sites excluding steroid dienone is 1. The molecule has 38 heavy (non-hydrogen) atoms. The van der Waals surface area contributed by atoms with E-state index < -0.39 is 6.04 Å². The minimum atomic E-state index is -0.663. The van der Waals surface area contributed by atoms with Crippen LogP contribution in [-0.2, 0) is 20.9 Å². The SMILES string of the molecule is C=CC1=C(/C=C\C)CN(C(CS)C(=O)N2CCCC2C=O)C1=O.CNCc1ccc(-c2scnc2C)cc1. The zero-order valence-corrected chi connectivity index (χ0v) is 23.9. The lowest BCUT2D eigenvalue weighted by molar-refractivity contribution is -0.143. The largest absolute Gasteiger partial charge is 0.331 e. The number of amides is 2. The average Bonchev–Trinajstić information content (AvgIpc) is 3.65. The van der Waals surface area contributed by atoms with Gasteiger partial charge in [-0.05, 0) is 50.4 Å². The van der Waals surface area contributed by atoms with Crippen molar-refractivity contribution in [3.05, 3.63) is 77.0 Å². The number of hydrogen-bond acceptors (Lipinski definition) is 7. The maximum atomic E-state index is 12.8. The molecule has 2 aliphatic rings. The van der Waals surface area contributed by atoms with Gasteiger partial charge in [-0.25, -0.2) is 4.98 Å². The van der Waals surface area contributed by atoms with Crippen LogP contribution < -0.4 is 5.32 Å². The van der Waals surface area contributed by atoms with Gasteiger partial charge in [0, 0.05) is 31.0 Å². The molecule has 2 atom stereocenters. The molecular formula is C29H36N4O3S2. The van der Waals surface area contributed by atoms with Gasteiger partial charge in [0.1, 0.15) is 12.3 Å². The Labute approximate surface area is 234 Å². The molecule has 1 N–H and O–H groups in total. The standard InChI is InChI=1S/C17H22N2O3S.C12H14N2S/c1-3-6-12-9-19(16(21)14(12)4-2)15(11-23)17(22)18-8-5-7-13(18)10-20;1-9-12(15-8-14-9)11-5-3-10(4-6-11)7-13-2/h3-4,6,10,13,15,23H,2,5,7-9,11H2,1H3;3-6,8,13H,7H2,1-2H3/b6-3-;. The second-order valence-corrected chi connectivity index (χ2v) is 10.4. The summed E-state index contributed by atoms with van der Waals surface area (Å²) in [5, 5.41) is 3.14. The maximum absolute atomic E-state index is 12.8. The highest BCUT2D eigenvalue weighted by atomic mass is 32.1. The minimum Gasteiger partial charge on any atom is -0.331 e. The Morgan fingerprint density at radius 1 is 1.34 bits per heavy atom. The van der Waals surface area contributed by atoms with Gasteiger partial charge in [0.15, 0.2) is 0 Å². The summed E-state index contributed by atoms with van der Waals surface area (Å²) in [5.41, 5.74) is 6.95. The Balaban J connectivity index is 0.000000230. The van der Waals surface area contributed by atoms with Gasteiger partial charge in [-0.2, -0.15) is 12.6 Å². The molecule has 1 aromatic carbocycles. The van der Waals surface area contributed by atoms with Crippen LogP contribution in [0.25, 0.3) is 10.4 Å². The van der Waals surface area contributed by atoms with Crippen LogP contribution in [-0.4, -0.2) is 70.9 Å². The molecule has 0 radical (unpaired) electrons. The molecule has 0 spiro atoms. The van der Waals surface area contributed by atoms with E-state index >= 15 is 0 Å². The predicted octanol–water partition coefficient (Wildman–Crippen LogP) is 4.21. The van der Waals surface area contributed by atoms with E-state index in [1.807, 2.05) is 38.6 Å². The summed E-state index contributed by atoms with van der Waals surface area (Å²) in [7, 11) is 1.96. The lowest BCUT2D eigenvalue weighted by Gasteiger charge is -2.31. The van der Waals surface area contributed by atoms with Crippen molar-refractivity contribution in [2.75, 3.05) is 25.9 Å². The molecule has 9 heteroatoms. The number of rotatable bonds is 9. The van der Waals surface area contributed by atoms with Gasteiger partial charge in [-0.1, -0.05) is 49.1 Å². The molecule has 0 saturated carbocycles. The number of benzene rings is 1. The normalized spacial score (nSPS) is 18.1. The zero-order valence-electron chi connectivity index (χ0n) is 22.2. The lowest BCUT2D eigenvalue weighted by atomic mass is 10.1. The Hall–Kier alpha value is -3.01. The number of carbonyl (C=O) groups is 3. The van der Waals surface area contributed by atoms with Gasteiger partial charge < -0.3 is 19.9 Å². The average molecular weight is 553 g/mol. The molecule has 2 aromatic rings. The molecule has 4 rings (SSSR count). The first-order valence-corrected chi connectivity index (χ1v) is 14.2. The van der Waals surface area contributed by atoms with E-state index in [9.17, 15) is 14.4 Å². The van der Waals surface area contributed by atoms with E-state index in [0.29, 0.717) is 25.1 Å². The number of aromatic nitrogens is 1. The lowest BCUT2D eigenvalue weighted by Crippen LogP contribution is -2.52. The number of aldehydes is 1. The Bertz CT molecular complexity index is 1200. The zero-order chi connectivity index (χ0) is 27.7. The first-order valence-electron chi connectivity index (χ1n) is 12.7. The summed E-state index contributed by atoms with van der Waals surface area (Å²) < 4.78 is 0. The van der Waals surface area contributed by atoms with Crippen molar-refractivity contribution < 1.29 is 14.4 Å². The van der Waals surface area contributed by atoms with E-state index in [1.54, 1.807) is 16.2 Å². The number of nitrogens with zero attached hydrogens (tertiary/aromatic N) is 3. The van der Waals surface area contributed by atoms with Gasteiger partial charge >= 0.3 is 0 Å². The smallest absolute Gasteiger partial charge is 0.255 e. The second-order valence-electron chi connectivity index (χ2n) is 9.15. The van der Waals surface area contributed by atoms with E-state index in [-0.39, 0.29) is 23.6 Å². The first kappa shape index (κ1) is 29.5. The van der Waals surface area contributed by atoms with Crippen LogP contribution in [0.5, 0.6) is 0 Å². The Morgan fingerprint density at radius 3 is 2.63 bits per heavy atom. The van der Waals surface area contributed by atoms with Crippen molar-refractivity contribution in [2.45, 2.75) is 45.3 Å². The molecule has 0 aliphatic carbocycles. The second kappa shape index (κ2) is 14.2. The van der Waals surface area contributed by atoms with E-state index in [0.717, 1.165) is 30.5 Å². The third-order valence-electron chi connectivity index (χ3n) is 6.67. The summed E-state index contributed by atoms with van der Waals surface area (Å²) in [6, 6.07) is 7.59. The van der Waals surface area contributed by atoms with E-state index in [4.69, 9.17) is 0 Å². The van der Waals surface area contributed by atoms with Crippen molar-refractivity contribution in [2.24, 2.45) is 0 Å². The number of nitrogens with one attached hydrogen (secondary N) is 1. The van der Waals surface area contributed by atoms with Crippen molar-refractivity contribution >= 4 is 42.1 Å². The summed E-state index contributed by atoms with van der Waals surface area (Å²) in [4.78, 5) is 45.1. The summed E-state index contributed by atoms with van der Waals surface area (Å²) in [6.07, 6.45) is 7.55. The third kappa shape index (κ3) is 6.70. The molecule has 1 aromatic heterocycles. The fraction of sp³-hybridized carbons (Fsp3) is 0.379. The fourth-order valence-electron chi connectivity index (χ4n) is 4.71. The van der Waals surface area contributed by atoms with Crippen LogP contribution in [0.2, 0.25) is 0 Å². The van der Waals surface area contributed by atoms with Crippen molar-refractivity contribution in [1.82, 2.24) is 20.1 Å². The number of hydrogen-bond donors (Lipinski definition) is 2. The van der Waals surface area contributed by atoms with Gasteiger partial charge in [0.25, 0.3) is 5.91 Å². The highest BCUT2D eigenvalue weighted by Crippen LogP contribution is 2.28. The van der Waals surface area contributed by atoms with Crippen molar-refractivity contribution in [1.29, 1.82) is 0 Å². The summed E-state index contributed by atoms with van der Waals surface area (Å²) in [5.74, 6) is -0.185. The Kier molecular flexibility index (Phi) is 11.1. The van der Waals surface area contributed by atoms with Crippen molar-refractivity contribution in [3.63, 3.8) is 0 Å². The number of thiol groups is 1. The van der Waals surface area contributed by atoms with Gasteiger partial charge in [0.2, 0.25) is 5.91 Å². The first-order chi connectivity index (χ1) is 18.4. The predicted molar refractivity (Wildman–Crippen MR) is 157 cm³/mol.